The maximum Gasteiger partial charge on any atom is 0.251 e. The molecule has 0 bridgehead atoms. The van der Waals surface area contributed by atoms with E-state index in [0.29, 0.717) is 17.2 Å². The van der Waals surface area contributed by atoms with E-state index in [4.69, 9.17) is 0 Å². The highest BCUT2D eigenvalue weighted by atomic mass is 16.2. The normalized spacial score (nSPS) is 19.5. The number of amides is 2. The van der Waals surface area contributed by atoms with E-state index in [9.17, 15) is 9.59 Å². The number of hydrogen-bond donors (Lipinski definition) is 2. The fourth-order valence-corrected chi connectivity index (χ4v) is 3.66. The molecule has 0 aliphatic heterocycles. The first-order valence-corrected chi connectivity index (χ1v) is 8.94. The van der Waals surface area contributed by atoms with E-state index in [-0.39, 0.29) is 17.9 Å². The zero-order chi connectivity index (χ0) is 16.1. The number of nitrogens with one attached hydrogen (secondary N) is 2. The average molecular weight is 314 g/mol. The average Bonchev–Trinajstić information content (AvgIpc) is 3.09. The molecule has 0 aromatic heterocycles. The molecule has 0 spiro atoms. The van der Waals surface area contributed by atoms with E-state index in [1.165, 1.54) is 32.1 Å². The number of hydrogen-bond acceptors (Lipinski definition) is 2. The third kappa shape index (κ3) is 4.34. The molecule has 2 N–H and O–H groups in total. The largest absolute Gasteiger partial charge is 0.349 e. The maximum absolute atomic E-state index is 12.4. The molecule has 0 saturated heterocycles. The fraction of sp³-hybridized carbons (Fsp3) is 0.579. The van der Waals surface area contributed by atoms with Gasteiger partial charge < -0.3 is 10.6 Å². The predicted molar refractivity (Wildman–Crippen MR) is 90.5 cm³/mol. The van der Waals surface area contributed by atoms with Crippen LogP contribution in [0.1, 0.15) is 78.5 Å². The van der Waals surface area contributed by atoms with Gasteiger partial charge in [-0.1, -0.05) is 38.2 Å². The number of rotatable bonds is 4. The summed E-state index contributed by atoms with van der Waals surface area (Å²) in [7, 11) is 0. The Bertz CT molecular complexity index is 558. The molecule has 1 aromatic rings. The summed E-state index contributed by atoms with van der Waals surface area (Å²) in [4.78, 5) is 24.7. The summed E-state index contributed by atoms with van der Waals surface area (Å²) >= 11 is 0. The van der Waals surface area contributed by atoms with Gasteiger partial charge in [-0.05, 0) is 43.9 Å². The van der Waals surface area contributed by atoms with Gasteiger partial charge in [0.2, 0.25) is 0 Å². The minimum Gasteiger partial charge on any atom is -0.349 e. The molecular weight excluding hydrogens is 288 g/mol. The Morgan fingerprint density at radius 2 is 1.17 bits per heavy atom. The quantitative estimate of drug-likeness (QED) is 0.894. The molecule has 0 heterocycles. The molecule has 0 radical (unpaired) electrons. The van der Waals surface area contributed by atoms with Crippen molar-refractivity contribution in [1.29, 1.82) is 0 Å². The van der Waals surface area contributed by atoms with Crippen LogP contribution in [-0.2, 0) is 0 Å². The summed E-state index contributed by atoms with van der Waals surface area (Å²) in [5.41, 5.74) is 1.16. The topological polar surface area (TPSA) is 58.2 Å². The van der Waals surface area contributed by atoms with Crippen LogP contribution >= 0.6 is 0 Å². The van der Waals surface area contributed by atoms with Crippen molar-refractivity contribution < 1.29 is 9.59 Å². The van der Waals surface area contributed by atoms with Crippen LogP contribution in [0.25, 0.3) is 0 Å². The lowest BCUT2D eigenvalue weighted by atomic mass is 9.95. The molecule has 2 amide bonds. The lowest BCUT2D eigenvalue weighted by Gasteiger charge is -2.22. The van der Waals surface area contributed by atoms with Gasteiger partial charge in [0.15, 0.2) is 0 Å². The monoisotopic (exact) mass is 314 g/mol. The number of carbonyl (C=O) groups excluding carboxylic acids is 2. The first kappa shape index (κ1) is 16.0. The van der Waals surface area contributed by atoms with Crippen LogP contribution in [0.15, 0.2) is 24.3 Å². The van der Waals surface area contributed by atoms with Crippen LogP contribution in [0, 0.1) is 0 Å². The molecular formula is C19H26N2O2. The minimum atomic E-state index is -0.0655. The standard InChI is InChI=1S/C19H26N2O2/c22-18(20-16-9-2-1-3-10-16)14-7-6-8-15(13-14)19(23)21-17-11-4-5-12-17/h6-8,13,16-17H,1-5,9-12H2,(H,20,22)(H,21,23). The smallest absolute Gasteiger partial charge is 0.251 e. The van der Waals surface area contributed by atoms with Crippen molar-refractivity contribution in [2.75, 3.05) is 0 Å². The Morgan fingerprint density at radius 3 is 1.65 bits per heavy atom. The summed E-state index contributed by atoms with van der Waals surface area (Å²) < 4.78 is 0. The third-order valence-electron chi connectivity index (χ3n) is 5.02. The molecule has 0 atom stereocenters. The van der Waals surface area contributed by atoms with Crippen molar-refractivity contribution in [3.8, 4) is 0 Å². The highest BCUT2D eigenvalue weighted by Crippen LogP contribution is 2.19. The summed E-state index contributed by atoms with van der Waals surface area (Å²) in [6.45, 7) is 0. The van der Waals surface area contributed by atoms with E-state index < -0.39 is 0 Å². The SMILES string of the molecule is O=C(NC1CCCCC1)c1cccc(C(=O)NC2CCCC2)c1. The predicted octanol–water partition coefficient (Wildman–Crippen LogP) is 3.42. The minimum absolute atomic E-state index is 0.0626. The van der Waals surface area contributed by atoms with Gasteiger partial charge in [-0.2, -0.15) is 0 Å². The third-order valence-corrected chi connectivity index (χ3v) is 5.02. The molecule has 1 aromatic carbocycles. The lowest BCUT2D eigenvalue weighted by molar-refractivity contribution is 0.0927. The van der Waals surface area contributed by atoms with E-state index in [2.05, 4.69) is 10.6 Å². The van der Waals surface area contributed by atoms with E-state index in [0.717, 1.165) is 25.7 Å². The van der Waals surface area contributed by atoms with Crippen molar-refractivity contribution in [3.05, 3.63) is 35.4 Å². The van der Waals surface area contributed by atoms with Crippen LogP contribution in [-0.4, -0.2) is 23.9 Å². The van der Waals surface area contributed by atoms with E-state index in [1.54, 1.807) is 24.3 Å². The molecule has 23 heavy (non-hydrogen) atoms. The summed E-state index contributed by atoms with van der Waals surface area (Å²) in [5, 5.41) is 6.18. The van der Waals surface area contributed by atoms with Gasteiger partial charge in [0.25, 0.3) is 11.8 Å². The van der Waals surface area contributed by atoms with Crippen molar-refractivity contribution >= 4 is 11.8 Å². The Kier molecular flexibility index (Phi) is 5.31. The number of carbonyl (C=O) groups is 2. The Hall–Kier alpha value is -1.84. The van der Waals surface area contributed by atoms with Crippen molar-refractivity contribution in [3.63, 3.8) is 0 Å². The second kappa shape index (κ2) is 7.62. The summed E-state index contributed by atoms with van der Waals surface area (Å²) in [5.74, 6) is -0.128. The highest BCUT2D eigenvalue weighted by molar-refractivity contribution is 5.99. The van der Waals surface area contributed by atoms with Crippen molar-refractivity contribution in [1.82, 2.24) is 10.6 Å². The van der Waals surface area contributed by atoms with Crippen molar-refractivity contribution in [2.24, 2.45) is 0 Å². The van der Waals surface area contributed by atoms with Gasteiger partial charge in [-0.15, -0.1) is 0 Å². The van der Waals surface area contributed by atoms with Crippen LogP contribution < -0.4 is 10.6 Å². The van der Waals surface area contributed by atoms with Crippen LogP contribution in [0.4, 0.5) is 0 Å². The highest BCUT2D eigenvalue weighted by Gasteiger charge is 2.20. The number of benzene rings is 1. The van der Waals surface area contributed by atoms with Gasteiger partial charge in [-0.3, -0.25) is 9.59 Å². The molecule has 2 fully saturated rings. The molecule has 0 unspecified atom stereocenters. The second-order valence-corrected chi connectivity index (χ2v) is 6.84. The van der Waals surface area contributed by atoms with Crippen LogP contribution in [0.5, 0.6) is 0 Å². The summed E-state index contributed by atoms with van der Waals surface area (Å²) in [6, 6.07) is 7.64. The Morgan fingerprint density at radius 1 is 0.739 bits per heavy atom. The van der Waals surface area contributed by atoms with Crippen LogP contribution in [0.3, 0.4) is 0 Å². The lowest BCUT2D eigenvalue weighted by Crippen LogP contribution is -2.36. The Balaban J connectivity index is 1.61. The zero-order valence-electron chi connectivity index (χ0n) is 13.6. The van der Waals surface area contributed by atoms with Gasteiger partial charge in [0.05, 0.1) is 0 Å². The van der Waals surface area contributed by atoms with Crippen molar-refractivity contribution in [2.45, 2.75) is 69.9 Å². The maximum atomic E-state index is 12.4. The molecule has 4 heteroatoms. The molecule has 124 valence electrons. The van der Waals surface area contributed by atoms with E-state index >= 15 is 0 Å². The van der Waals surface area contributed by atoms with Gasteiger partial charge in [0, 0.05) is 23.2 Å². The molecule has 2 aliphatic rings. The first-order chi connectivity index (χ1) is 11.2. The van der Waals surface area contributed by atoms with E-state index in [1.807, 2.05) is 0 Å². The molecule has 4 nitrogen and oxygen atoms in total. The van der Waals surface area contributed by atoms with Gasteiger partial charge in [0.1, 0.15) is 0 Å². The second-order valence-electron chi connectivity index (χ2n) is 6.84. The van der Waals surface area contributed by atoms with Gasteiger partial charge >= 0.3 is 0 Å². The fourth-order valence-electron chi connectivity index (χ4n) is 3.66. The Labute approximate surface area is 138 Å². The van der Waals surface area contributed by atoms with Crippen LogP contribution in [0.2, 0.25) is 0 Å². The van der Waals surface area contributed by atoms with Gasteiger partial charge in [-0.25, -0.2) is 0 Å². The molecule has 2 aliphatic carbocycles. The first-order valence-electron chi connectivity index (χ1n) is 8.94. The molecule has 3 rings (SSSR count). The molecule has 2 saturated carbocycles. The zero-order valence-corrected chi connectivity index (χ0v) is 13.6. The summed E-state index contributed by atoms with van der Waals surface area (Å²) in [6.07, 6.45) is 10.3.